The summed E-state index contributed by atoms with van der Waals surface area (Å²) >= 11 is 0. The SMILES string of the molecule is O=C(c1ccc(CN2CCCCC2)cc1)N1C[C@H]2CCC[C@@]2(CO)C1. The minimum absolute atomic E-state index is 0.0239. The second kappa shape index (κ2) is 7.08. The Hall–Kier alpha value is -1.39. The van der Waals surface area contributed by atoms with Gasteiger partial charge in [0, 0.05) is 30.6 Å². The Bertz CT molecular complexity index is 609. The lowest BCUT2D eigenvalue weighted by molar-refractivity contribution is 0.0734. The second-order valence-corrected chi connectivity index (χ2v) is 8.33. The Balaban J connectivity index is 1.39. The number of rotatable bonds is 4. The average molecular weight is 342 g/mol. The summed E-state index contributed by atoms with van der Waals surface area (Å²) in [6, 6.07) is 8.20. The molecule has 1 saturated carbocycles. The summed E-state index contributed by atoms with van der Waals surface area (Å²) in [5.74, 6) is 0.617. The zero-order chi connectivity index (χ0) is 17.3. The van der Waals surface area contributed by atoms with Gasteiger partial charge in [-0.1, -0.05) is 25.0 Å². The van der Waals surface area contributed by atoms with Crippen molar-refractivity contribution in [2.75, 3.05) is 32.8 Å². The van der Waals surface area contributed by atoms with Gasteiger partial charge in [0.2, 0.25) is 0 Å². The van der Waals surface area contributed by atoms with Crippen molar-refractivity contribution < 1.29 is 9.90 Å². The van der Waals surface area contributed by atoms with Gasteiger partial charge in [-0.05, 0) is 62.4 Å². The molecule has 4 heteroatoms. The quantitative estimate of drug-likeness (QED) is 0.915. The van der Waals surface area contributed by atoms with E-state index >= 15 is 0 Å². The molecule has 0 unspecified atom stereocenters. The van der Waals surface area contributed by atoms with Crippen LogP contribution in [0.25, 0.3) is 0 Å². The fraction of sp³-hybridized carbons (Fsp3) is 0.667. The van der Waals surface area contributed by atoms with Gasteiger partial charge in [-0.15, -0.1) is 0 Å². The minimum atomic E-state index is -0.0239. The van der Waals surface area contributed by atoms with Crippen LogP contribution in [0.4, 0.5) is 0 Å². The highest BCUT2D eigenvalue weighted by Gasteiger charge is 2.50. The molecule has 2 heterocycles. The summed E-state index contributed by atoms with van der Waals surface area (Å²) in [6.45, 7) is 5.14. The van der Waals surface area contributed by atoms with E-state index in [-0.39, 0.29) is 17.9 Å². The first-order chi connectivity index (χ1) is 12.2. The van der Waals surface area contributed by atoms with Crippen molar-refractivity contribution >= 4 is 5.91 Å². The lowest BCUT2D eigenvalue weighted by Gasteiger charge is -2.26. The normalized spacial score (nSPS) is 29.8. The van der Waals surface area contributed by atoms with Crippen molar-refractivity contribution in [1.29, 1.82) is 0 Å². The van der Waals surface area contributed by atoms with Crippen LogP contribution in [0.2, 0.25) is 0 Å². The van der Waals surface area contributed by atoms with Gasteiger partial charge in [-0.3, -0.25) is 9.69 Å². The molecule has 3 aliphatic rings. The summed E-state index contributed by atoms with van der Waals surface area (Å²) in [6.07, 6.45) is 7.37. The number of aliphatic hydroxyl groups excluding tert-OH is 1. The topological polar surface area (TPSA) is 43.8 Å². The third-order valence-corrected chi connectivity index (χ3v) is 6.70. The number of piperidine rings is 1. The predicted octanol–water partition coefficient (Wildman–Crippen LogP) is 2.91. The van der Waals surface area contributed by atoms with Crippen molar-refractivity contribution in [3.8, 4) is 0 Å². The van der Waals surface area contributed by atoms with E-state index < -0.39 is 0 Å². The molecule has 1 amide bonds. The van der Waals surface area contributed by atoms with E-state index in [4.69, 9.17) is 0 Å². The molecule has 136 valence electrons. The van der Waals surface area contributed by atoms with Crippen molar-refractivity contribution in [2.24, 2.45) is 11.3 Å². The molecule has 0 radical (unpaired) electrons. The Kier molecular flexibility index (Phi) is 4.83. The molecule has 0 bridgehead atoms. The van der Waals surface area contributed by atoms with Crippen LogP contribution in [0.5, 0.6) is 0 Å². The Morgan fingerprint density at radius 1 is 1.12 bits per heavy atom. The van der Waals surface area contributed by atoms with E-state index in [1.54, 1.807) is 0 Å². The van der Waals surface area contributed by atoms with Crippen LogP contribution >= 0.6 is 0 Å². The van der Waals surface area contributed by atoms with Gasteiger partial charge in [0.05, 0.1) is 6.61 Å². The van der Waals surface area contributed by atoms with Gasteiger partial charge in [0.25, 0.3) is 5.91 Å². The molecule has 2 atom stereocenters. The number of hydrogen-bond acceptors (Lipinski definition) is 3. The average Bonchev–Trinajstić information content (AvgIpc) is 3.20. The Labute approximate surface area is 150 Å². The van der Waals surface area contributed by atoms with Gasteiger partial charge < -0.3 is 10.0 Å². The molecule has 4 nitrogen and oxygen atoms in total. The first-order valence-corrected chi connectivity index (χ1v) is 9.92. The van der Waals surface area contributed by atoms with Gasteiger partial charge in [-0.25, -0.2) is 0 Å². The Morgan fingerprint density at radius 3 is 2.56 bits per heavy atom. The highest BCUT2D eigenvalue weighted by atomic mass is 16.3. The molecule has 1 aromatic carbocycles. The Morgan fingerprint density at radius 2 is 1.88 bits per heavy atom. The summed E-state index contributed by atoms with van der Waals surface area (Å²) in [4.78, 5) is 17.4. The smallest absolute Gasteiger partial charge is 0.253 e. The zero-order valence-corrected chi connectivity index (χ0v) is 15.1. The van der Waals surface area contributed by atoms with Crippen LogP contribution in [0.3, 0.4) is 0 Å². The third-order valence-electron chi connectivity index (χ3n) is 6.70. The number of nitrogens with zero attached hydrogens (tertiary/aromatic N) is 2. The standard InChI is InChI=1S/C21H30N2O2/c24-16-21-10-4-5-19(21)14-23(15-21)20(25)18-8-6-17(7-9-18)13-22-11-2-1-3-12-22/h6-9,19,24H,1-5,10-16H2/t19-,21+/m1/s1. The molecule has 0 spiro atoms. The second-order valence-electron chi connectivity index (χ2n) is 8.33. The molecule has 2 saturated heterocycles. The number of hydrogen-bond donors (Lipinski definition) is 1. The number of carbonyl (C=O) groups excluding carboxylic acids is 1. The number of carbonyl (C=O) groups is 1. The van der Waals surface area contributed by atoms with Crippen molar-refractivity contribution in [3.63, 3.8) is 0 Å². The highest BCUT2D eigenvalue weighted by molar-refractivity contribution is 5.94. The van der Waals surface area contributed by atoms with Crippen molar-refractivity contribution in [3.05, 3.63) is 35.4 Å². The van der Waals surface area contributed by atoms with Gasteiger partial charge >= 0.3 is 0 Å². The van der Waals surface area contributed by atoms with E-state index in [0.29, 0.717) is 5.92 Å². The molecule has 2 aliphatic heterocycles. The molecule has 1 N–H and O–H groups in total. The lowest BCUT2D eigenvalue weighted by atomic mass is 9.82. The van der Waals surface area contributed by atoms with E-state index in [2.05, 4.69) is 17.0 Å². The molecule has 1 aromatic rings. The molecular weight excluding hydrogens is 312 g/mol. The summed E-state index contributed by atoms with van der Waals surface area (Å²) in [5, 5.41) is 9.85. The molecule has 1 aliphatic carbocycles. The fourth-order valence-electron chi connectivity index (χ4n) is 5.14. The lowest BCUT2D eigenvalue weighted by Crippen LogP contribution is -2.34. The van der Waals surface area contributed by atoms with Crippen molar-refractivity contribution in [1.82, 2.24) is 9.80 Å². The van der Waals surface area contributed by atoms with Crippen LogP contribution in [0, 0.1) is 11.3 Å². The first-order valence-electron chi connectivity index (χ1n) is 9.92. The number of aliphatic hydroxyl groups is 1. The van der Waals surface area contributed by atoms with Crippen LogP contribution in [0.1, 0.15) is 54.4 Å². The van der Waals surface area contributed by atoms with Crippen LogP contribution in [0.15, 0.2) is 24.3 Å². The maximum absolute atomic E-state index is 12.9. The number of amides is 1. The third kappa shape index (κ3) is 3.34. The highest BCUT2D eigenvalue weighted by Crippen LogP contribution is 2.48. The summed E-state index contributed by atoms with van der Waals surface area (Å²) in [7, 11) is 0. The molecule has 3 fully saturated rings. The van der Waals surface area contributed by atoms with Gasteiger partial charge in [0.1, 0.15) is 0 Å². The van der Waals surface area contributed by atoms with Crippen molar-refractivity contribution in [2.45, 2.75) is 45.1 Å². The predicted molar refractivity (Wildman–Crippen MR) is 98.3 cm³/mol. The van der Waals surface area contributed by atoms with Gasteiger partial charge in [-0.2, -0.15) is 0 Å². The largest absolute Gasteiger partial charge is 0.396 e. The molecule has 25 heavy (non-hydrogen) atoms. The fourth-order valence-corrected chi connectivity index (χ4v) is 5.14. The van der Waals surface area contributed by atoms with E-state index in [9.17, 15) is 9.90 Å². The van der Waals surface area contributed by atoms with E-state index in [0.717, 1.165) is 38.0 Å². The van der Waals surface area contributed by atoms with E-state index in [1.807, 2.05) is 17.0 Å². The van der Waals surface area contributed by atoms with E-state index in [1.165, 1.54) is 44.3 Å². The number of benzene rings is 1. The number of likely N-dealkylation sites (tertiary alicyclic amines) is 2. The van der Waals surface area contributed by atoms with Crippen LogP contribution in [-0.2, 0) is 6.54 Å². The van der Waals surface area contributed by atoms with Crippen LogP contribution in [-0.4, -0.2) is 53.6 Å². The minimum Gasteiger partial charge on any atom is -0.396 e. The maximum Gasteiger partial charge on any atom is 0.253 e. The van der Waals surface area contributed by atoms with Crippen LogP contribution < -0.4 is 0 Å². The maximum atomic E-state index is 12.9. The zero-order valence-electron chi connectivity index (χ0n) is 15.1. The summed E-state index contributed by atoms with van der Waals surface area (Å²) < 4.78 is 0. The molecular formula is C21H30N2O2. The number of fused-ring (bicyclic) bond motifs is 1. The van der Waals surface area contributed by atoms with Gasteiger partial charge in [0.15, 0.2) is 0 Å². The monoisotopic (exact) mass is 342 g/mol. The molecule has 0 aromatic heterocycles. The summed E-state index contributed by atoms with van der Waals surface area (Å²) in [5.41, 5.74) is 2.06. The molecule has 4 rings (SSSR count). The first kappa shape index (κ1) is 17.0.